The number of sulfonamides is 1. The Kier molecular flexibility index (Phi) is 5.07. The van der Waals surface area contributed by atoms with Gasteiger partial charge in [-0.3, -0.25) is 0 Å². The van der Waals surface area contributed by atoms with E-state index < -0.39 is 26.7 Å². The van der Waals surface area contributed by atoms with Crippen molar-refractivity contribution in [3.05, 3.63) is 28.8 Å². The van der Waals surface area contributed by atoms with Gasteiger partial charge in [-0.1, -0.05) is 11.6 Å². The van der Waals surface area contributed by atoms with E-state index in [4.69, 9.17) is 11.6 Å². The average molecular weight is 372 g/mol. The first-order valence-electron chi connectivity index (χ1n) is 6.50. The topological polar surface area (TPSA) is 78.5 Å². The average Bonchev–Trinajstić information content (AvgIpc) is 2.83. The van der Waals surface area contributed by atoms with Gasteiger partial charge in [0.1, 0.15) is 4.90 Å². The molecule has 2 rings (SSSR count). The van der Waals surface area contributed by atoms with Crippen molar-refractivity contribution in [2.24, 2.45) is 0 Å². The minimum atomic E-state index is -4.68. The summed E-state index contributed by atoms with van der Waals surface area (Å²) >= 11 is 5.70. The highest BCUT2D eigenvalue weighted by Crippen LogP contribution is 2.33. The number of nitrogens with zero attached hydrogens (tertiary/aromatic N) is 1. The fourth-order valence-electron chi connectivity index (χ4n) is 2.00. The molecule has 0 unspecified atom stereocenters. The number of benzene rings is 1. The summed E-state index contributed by atoms with van der Waals surface area (Å²) in [4.78, 5) is 12.0. The highest BCUT2D eigenvalue weighted by Gasteiger charge is 2.32. The SMILES string of the molecule is O=C1NCCN1CCNS(=O)(=O)c1cc(C(F)(F)F)ccc1Cl. The van der Waals surface area contributed by atoms with E-state index in [1.165, 1.54) is 4.90 Å². The number of hydrogen-bond donors (Lipinski definition) is 2. The molecular weight excluding hydrogens is 359 g/mol. The number of amides is 2. The first-order chi connectivity index (χ1) is 10.6. The molecule has 0 aromatic heterocycles. The van der Waals surface area contributed by atoms with Gasteiger partial charge in [-0.15, -0.1) is 0 Å². The van der Waals surface area contributed by atoms with Crippen LogP contribution in [0.15, 0.2) is 23.1 Å². The standard InChI is InChI=1S/C12H13ClF3N3O3S/c13-9-2-1-8(12(14,15)16)7-10(9)23(21,22)18-4-6-19-5-3-17-11(19)20/h1-2,7,18H,3-6H2,(H,17,20). The van der Waals surface area contributed by atoms with Crippen LogP contribution in [-0.4, -0.2) is 45.5 Å². The van der Waals surface area contributed by atoms with Gasteiger partial charge in [0, 0.05) is 26.2 Å². The van der Waals surface area contributed by atoms with Gasteiger partial charge in [-0.05, 0) is 18.2 Å². The van der Waals surface area contributed by atoms with E-state index in [-0.39, 0.29) is 24.1 Å². The molecule has 1 fully saturated rings. The highest BCUT2D eigenvalue weighted by atomic mass is 35.5. The van der Waals surface area contributed by atoms with E-state index in [0.29, 0.717) is 25.2 Å². The monoisotopic (exact) mass is 371 g/mol. The minimum Gasteiger partial charge on any atom is -0.336 e. The molecule has 1 aromatic rings. The van der Waals surface area contributed by atoms with Gasteiger partial charge in [0.05, 0.1) is 10.6 Å². The fourth-order valence-corrected chi connectivity index (χ4v) is 3.55. The van der Waals surface area contributed by atoms with Crippen LogP contribution in [0, 0.1) is 0 Å². The zero-order valence-corrected chi connectivity index (χ0v) is 13.2. The summed E-state index contributed by atoms with van der Waals surface area (Å²) in [6.07, 6.45) is -4.68. The van der Waals surface area contributed by atoms with Gasteiger partial charge in [0.2, 0.25) is 10.0 Å². The molecule has 1 heterocycles. The number of carbonyl (C=O) groups is 1. The van der Waals surface area contributed by atoms with Crippen LogP contribution in [0.25, 0.3) is 0 Å². The zero-order valence-electron chi connectivity index (χ0n) is 11.7. The van der Waals surface area contributed by atoms with Gasteiger partial charge in [0.25, 0.3) is 0 Å². The van der Waals surface area contributed by atoms with E-state index in [1.54, 1.807) is 0 Å². The Morgan fingerprint density at radius 2 is 2.04 bits per heavy atom. The molecule has 0 aliphatic carbocycles. The van der Waals surface area contributed by atoms with Crippen molar-refractivity contribution in [2.75, 3.05) is 26.2 Å². The highest BCUT2D eigenvalue weighted by molar-refractivity contribution is 7.89. The van der Waals surface area contributed by atoms with Crippen molar-refractivity contribution in [3.8, 4) is 0 Å². The summed E-state index contributed by atoms with van der Waals surface area (Å²) in [6.45, 7) is 0.861. The molecule has 0 saturated carbocycles. The summed E-state index contributed by atoms with van der Waals surface area (Å²) in [6, 6.07) is 1.75. The zero-order chi connectivity index (χ0) is 17.3. The Balaban J connectivity index is 2.11. The summed E-state index contributed by atoms with van der Waals surface area (Å²) in [5, 5.41) is 2.23. The fraction of sp³-hybridized carbons (Fsp3) is 0.417. The van der Waals surface area contributed by atoms with Crippen LogP contribution in [0.1, 0.15) is 5.56 Å². The molecule has 0 spiro atoms. The quantitative estimate of drug-likeness (QED) is 0.826. The Morgan fingerprint density at radius 3 is 2.61 bits per heavy atom. The Labute approximate surface area is 135 Å². The van der Waals surface area contributed by atoms with Crippen molar-refractivity contribution < 1.29 is 26.4 Å². The third kappa shape index (κ3) is 4.27. The summed E-state index contributed by atoms with van der Waals surface area (Å²) in [7, 11) is -4.22. The lowest BCUT2D eigenvalue weighted by Gasteiger charge is -2.15. The van der Waals surface area contributed by atoms with Crippen molar-refractivity contribution in [1.82, 2.24) is 14.9 Å². The second-order valence-corrected chi connectivity index (χ2v) is 6.90. The van der Waals surface area contributed by atoms with E-state index in [1.807, 2.05) is 0 Å². The van der Waals surface area contributed by atoms with Gasteiger partial charge in [-0.2, -0.15) is 13.2 Å². The summed E-state index contributed by atoms with van der Waals surface area (Å²) in [5.41, 5.74) is -1.11. The molecule has 2 N–H and O–H groups in total. The van der Waals surface area contributed by atoms with Crippen LogP contribution in [0.2, 0.25) is 5.02 Å². The lowest BCUT2D eigenvalue weighted by molar-refractivity contribution is -0.137. The van der Waals surface area contributed by atoms with Crippen LogP contribution < -0.4 is 10.0 Å². The van der Waals surface area contributed by atoms with Crippen LogP contribution in [-0.2, 0) is 16.2 Å². The molecule has 1 aliphatic rings. The number of alkyl halides is 3. The summed E-state index contributed by atoms with van der Waals surface area (Å²) in [5.74, 6) is 0. The maximum atomic E-state index is 12.7. The molecule has 1 saturated heterocycles. The third-order valence-corrected chi connectivity index (χ3v) is 5.11. The maximum Gasteiger partial charge on any atom is 0.416 e. The van der Waals surface area contributed by atoms with E-state index >= 15 is 0 Å². The first kappa shape index (κ1) is 17.8. The second kappa shape index (κ2) is 6.54. The Bertz CT molecular complexity index is 709. The van der Waals surface area contributed by atoms with Crippen LogP contribution in [0.3, 0.4) is 0 Å². The molecule has 128 valence electrons. The normalized spacial score (nSPS) is 15.8. The Morgan fingerprint density at radius 1 is 1.35 bits per heavy atom. The van der Waals surface area contributed by atoms with Gasteiger partial charge >= 0.3 is 12.2 Å². The van der Waals surface area contributed by atoms with Crippen molar-refractivity contribution in [1.29, 1.82) is 0 Å². The second-order valence-electron chi connectivity index (χ2n) is 4.76. The maximum absolute atomic E-state index is 12.7. The third-order valence-electron chi connectivity index (χ3n) is 3.17. The first-order valence-corrected chi connectivity index (χ1v) is 8.36. The number of carbonyl (C=O) groups excluding carboxylic acids is 1. The van der Waals surface area contributed by atoms with E-state index in [9.17, 15) is 26.4 Å². The number of halogens is 4. The van der Waals surface area contributed by atoms with Crippen LogP contribution in [0.4, 0.5) is 18.0 Å². The predicted octanol–water partition coefficient (Wildman–Crippen LogP) is 1.66. The summed E-state index contributed by atoms with van der Waals surface area (Å²) < 4.78 is 64.4. The van der Waals surface area contributed by atoms with Gasteiger partial charge in [-0.25, -0.2) is 17.9 Å². The molecule has 6 nitrogen and oxygen atoms in total. The van der Waals surface area contributed by atoms with Crippen molar-refractivity contribution in [2.45, 2.75) is 11.1 Å². The lowest BCUT2D eigenvalue weighted by Crippen LogP contribution is -2.36. The number of nitrogens with one attached hydrogen (secondary N) is 2. The van der Waals surface area contributed by atoms with Crippen LogP contribution in [0.5, 0.6) is 0 Å². The van der Waals surface area contributed by atoms with Gasteiger partial charge in [0.15, 0.2) is 0 Å². The van der Waals surface area contributed by atoms with Gasteiger partial charge < -0.3 is 10.2 Å². The molecule has 1 aromatic carbocycles. The van der Waals surface area contributed by atoms with E-state index in [2.05, 4.69) is 10.0 Å². The van der Waals surface area contributed by atoms with Crippen molar-refractivity contribution >= 4 is 27.7 Å². The van der Waals surface area contributed by atoms with E-state index in [0.717, 1.165) is 6.07 Å². The molecule has 11 heteroatoms. The number of rotatable bonds is 5. The minimum absolute atomic E-state index is 0.0989. The Hall–Kier alpha value is -1.52. The molecule has 0 radical (unpaired) electrons. The molecule has 1 aliphatic heterocycles. The lowest BCUT2D eigenvalue weighted by atomic mass is 10.2. The molecule has 23 heavy (non-hydrogen) atoms. The molecule has 0 bridgehead atoms. The number of hydrogen-bond acceptors (Lipinski definition) is 3. The largest absolute Gasteiger partial charge is 0.416 e. The molecule has 2 amide bonds. The number of urea groups is 1. The smallest absolute Gasteiger partial charge is 0.336 e. The molecular formula is C12H13ClF3N3O3S. The van der Waals surface area contributed by atoms with Crippen molar-refractivity contribution in [3.63, 3.8) is 0 Å². The molecule has 0 atom stereocenters. The predicted molar refractivity (Wildman–Crippen MR) is 76.6 cm³/mol. The van der Waals surface area contributed by atoms with Crippen LogP contribution >= 0.6 is 11.6 Å².